The number of hydrogen-bond acceptors (Lipinski definition) is 6. The highest BCUT2D eigenvalue weighted by Gasteiger charge is 2.18. The number of nitriles is 1. The smallest absolute Gasteiger partial charge is 0.257 e. The molecule has 2 N–H and O–H groups in total. The van der Waals surface area contributed by atoms with Gasteiger partial charge in [0.15, 0.2) is 11.6 Å². The summed E-state index contributed by atoms with van der Waals surface area (Å²) in [6.07, 6.45) is 2.80. The Morgan fingerprint density at radius 1 is 1.09 bits per heavy atom. The number of aromatic nitrogens is 4. The Balaban J connectivity index is 1.75. The lowest BCUT2D eigenvalue weighted by molar-refractivity contribution is -0.114. The average molecular weight is 425 g/mol. The third-order valence-electron chi connectivity index (χ3n) is 4.90. The zero-order valence-corrected chi connectivity index (χ0v) is 17.7. The molecule has 0 spiro atoms. The molecular weight excluding hydrogens is 406 g/mol. The largest absolute Gasteiger partial charge is 0.311 e. The second-order valence-electron chi connectivity index (χ2n) is 7.26. The van der Waals surface area contributed by atoms with Gasteiger partial charge in [0.05, 0.1) is 11.7 Å². The number of nitrogens with one attached hydrogen (secondary N) is 2. The fourth-order valence-electron chi connectivity index (χ4n) is 3.38. The molecule has 0 fully saturated rings. The fourth-order valence-corrected chi connectivity index (χ4v) is 3.38. The first-order chi connectivity index (χ1) is 15.4. The molecule has 0 unspecified atom stereocenters. The van der Waals surface area contributed by atoms with E-state index in [-0.39, 0.29) is 28.7 Å². The number of hydrogen-bond donors (Lipinski definition) is 2. The van der Waals surface area contributed by atoms with Crippen LogP contribution in [0.15, 0.2) is 48.8 Å². The van der Waals surface area contributed by atoms with Gasteiger partial charge in [-0.15, -0.1) is 0 Å². The summed E-state index contributed by atoms with van der Waals surface area (Å²) in [6.45, 7) is 5.30. The van der Waals surface area contributed by atoms with Crippen LogP contribution in [0.3, 0.4) is 0 Å². The first-order valence-corrected chi connectivity index (χ1v) is 9.78. The maximum absolute atomic E-state index is 12.9. The second-order valence-corrected chi connectivity index (χ2v) is 7.26. The van der Waals surface area contributed by atoms with Gasteiger partial charge in [-0.3, -0.25) is 9.59 Å². The summed E-state index contributed by atoms with van der Waals surface area (Å²) in [5.41, 5.74) is 3.28. The van der Waals surface area contributed by atoms with Crippen LogP contribution in [-0.4, -0.2) is 31.6 Å². The zero-order chi connectivity index (χ0) is 22.8. The number of carbonyl (C=O) groups excluding carboxylic acids is 2. The number of anilines is 2. The third-order valence-corrected chi connectivity index (χ3v) is 4.90. The summed E-state index contributed by atoms with van der Waals surface area (Å²) in [7, 11) is 0. The Morgan fingerprint density at radius 2 is 1.91 bits per heavy atom. The van der Waals surface area contributed by atoms with Crippen molar-refractivity contribution in [2.45, 2.75) is 20.8 Å². The molecule has 9 nitrogen and oxygen atoms in total. The van der Waals surface area contributed by atoms with Crippen LogP contribution in [0, 0.1) is 25.2 Å². The van der Waals surface area contributed by atoms with E-state index >= 15 is 0 Å². The Bertz CT molecular complexity index is 1420. The quantitative estimate of drug-likeness (QED) is 0.515. The molecule has 0 radical (unpaired) electrons. The van der Waals surface area contributed by atoms with Crippen molar-refractivity contribution in [2.24, 2.45) is 0 Å². The number of rotatable bonds is 4. The number of aryl methyl sites for hydroxylation is 2. The van der Waals surface area contributed by atoms with Crippen molar-refractivity contribution in [3.8, 4) is 11.9 Å². The van der Waals surface area contributed by atoms with Gasteiger partial charge in [0.25, 0.3) is 5.91 Å². The molecule has 3 aromatic heterocycles. The molecular formula is C23H19N7O2. The van der Waals surface area contributed by atoms with Gasteiger partial charge in [-0.2, -0.15) is 15.0 Å². The van der Waals surface area contributed by atoms with Crippen molar-refractivity contribution in [1.29, 1.82) is 5.26 Å². The van der Waals surface area contributed by atoms with Crippen molar-refractivity contribution >= 4 is 34.4 Å². The summed E-state index contributed by atoms with van der Waals surface area (Å²) in [5.74, 6) is 0.158. The first-order valence-electron chi connectivity index (χ1n) is 9.78. The molecule has 0 aliphatic carbocycles. The summed E-state index contributed by atoms with van der Waals surface area (Å²) in [6, 6.07) is 12.8. The second kappa shape index (κ2) is 8.28. The van der Waals surface area contributed by atoms with Crippen LogP contribution in [-0.2, 0) is 4.79 Å². The maximum Gasteiger partial charge on any atom is 0.257 e. The number of para-hydroxylation sites is 1. The number of fused-ring (bicyclic) bond motifs is 1. The molecule has 0 aliphatic rings. The molecule has 1 aromatic carbocycles. The molecule has 9 heteroatoms. The molecule has 0 saturated carbocycles. The van der Waals surface area contributed by atoms with Crippen molar-refractivity contribution in [3.05, 3.63) is 71.0 Å². The molecule has 3 heterocycles. The molecule has 32 heavy (non-hydrogen) atoms. The highest BCUT2D eigenvalue weighted by molar-refractivity contribution is 6.05. The lowest BCUT2D eigenvalue weighted by Gasteiger charge is -2.12. The predicted octanol–water partition coefficient (Wildman–Crippen LogP) is 3.51. The first kappa shape index (κ1) is 20.7. The molecule has 0 atom stereocenters. The average Bonchev–Trinajstić information content (AvgIpc) is 3.16. The Kier molecular flexibility index (Phi) is 5.35. The standard InChI is InChI=1S/C23H19N7O2/c1-13-5-4-6-18-14(2)9-20(28-21(13)18)30-22(17(11-24)12-26-30)29-23(32)16-7-8-25-19(10-16)27-15(3)31/h4-10,12H,1-3H3,(H,29,32)(H,25,27,31). The minimum atomic E-state index is -0.481. The highest BCUT2D eigenvalue weighted by Crippen LogP contribution is 2.25. The van der Waals surface area contributed by atoms with Crippen molar-refractivity contribution in [2.75, 3.05) is 10.6 Å². The van der Waals surface area contributed by atoms with Gasteiger partial charge in [-0.05, 0) is 43.2 Å². The van der Waals surface area contributed by atoms with Gasteiger partial charge in [-0.25, -0.2) is 9.97 Å². The van der Waals surface area contributed by atoms with Gasteiger partial charge in [0, 0.05) is 24.1 Å². The number of pyridine rings is 2. The van der Waals surface area contributed by atoms with E-state index in [9.17, 15) is 14.9 Å². The molecule has 0 bridgehead atoms. The van der Waals surface area contributed by atoms with Crippen molar-refractivity contribution < 1.29 is 9.59 Å². The molecule has 0 saturated heterocycles. The molecule has 4 rings (SSSR count). The van der Waals surface area contributed by atoms with Crippen LogP contribution >= 0.6 is 0 Å². The van der Waals surface area contributed by atoms with Crippen LogP contribution < -0.4 is 10.6 Å². The zero-order valence-electron chi connectivity index (χ0n) is 17.7. The van der Waals surface area contributed by atoms with Gasteiger partial charge >= 0.3 is 0 Å². The normalized spacial score (nSPS) is 10.6. The molecule has 0 aliphatic heterocycles. The number of carbonyl (C=O) groups is 2. The number of benzene rings is 1. The lowest BCUT2D eigenvalue weighted by atomic mass is 10.1. The van der Waals surface area contributed by atoms with Crippen LogP contribution in [0.4, 0.5) is 11.6 Å². The third kappa shape index (κ3) is 3.89. The van der Waals surface area contributed by atoms with E-state index in [0.717, 1.165) is 22.0 Å². The van der Waals surface area contributed by atoms with Gasteiger partial charge < -0.3 is 10.6 Å². The van der Waals surface area contributed by atoms with Crippen molar-refractivity contribution in [3.63, 3.8) is 0 Å². The van der Waals surface area contributed by atoms with E-state index in [1.54, 1.807) is 0 Å². The summed E-state index contributed by atoms with van der Waals surface area (Å²) in [4.78, 5) is 32.9. The highest BCUT2D eigenvalue weighted by atomic mass is 16.2. The SMILES string of the molecule is CC(=O)Nc1cc(C(=O)Nc2c(C#N)cnn2-c2cc(C)c3cccc(C)c3n2)ccn1. The maximum atomic E-state index is 12.9. The van der Waals surface area contributed by atoms with E-state index in [1.165, 1.54) is 36.1 Å². The van der Waals surface area contributed by atoms with Gasteiger partial charge in [0.1, 0.15) is 17.5 Å². The Labute approximate surface area is 183 Å². The molecule has 158 valence electrons. The van der Waals surface area contributed by atoms with E-state index in [1.807, 2.05) is 44.2 Å². The van der Waals surface area contributed by atoms with E-state index < -0.39 is 5.91 Å². The Morgan fingerprint density at radius 3 is 2.66 bits per heavy atom. The minimum absolute atomic E-state index is 0.193. The van der Waals surface area contributed by atoms with Crippen LogP contribution in [0.5, 0.6) is 0 Å². The van der Waals surface area contributed by atoms with Crippen LogP contribution in [0.25, 0.3) is 16.7 Å². The van der Waals surface area contributed by atoms with E-state index in [0.29, 0.717) is 5.82 Å². The topological polar surface area (TPSA) is 126 Å². The van der Waals surface area contributed by atoms with Gasteiger partial charge in [-0.1, -0.05) is 18.2 Å². The summed E-state index contributed by atoms with van der Waals surface area (Å²) < 4.78 is 1.44. The van der Waals surface area contributed by atoms with E-state index in [4.69, 9.17) is 4.98 Å². The van der Waals surface area contributed by atoms with Crippen molar-refractivity contribution in [1.82, 2.24) is 19.7 Å². The van der Waals surface area contributed by atoms with E-state index in [2.05, 4.69) is 20.7 Å². The monoisotopic (exact) mass is 425 g/mol. The molecule has 2 amide bonds. The van der Waals surface area contributed by atoms with Gasteiger partial charge in [0.2, 0.25) is 5.91 Å². The minimum Gasteiger partial charge on any atom is -0.311 e. The Hall–Kier alpha value is -4.58. The summed E-state index contributed by atoms with van der Waals surface area (Å²) >= 11 is 0. The molecule has 4 aromatic rings. The number of amides is 2. The lowest BCUT2D eigenvalue weighted by Crippen LogP contribution is -2.17. The summed E-state index contributed by atoms with van der Waals surface area (Å²) in [5, 5.41) is 20.1. The number of nitrogens with zero attached hydrogens (tertiary/aromatic N) is 5. The van der Waals surface area contributed by atoms with Crippen LogP contribution in [0.2, 0.25) is 0 Å². The fraction of sp³-hybridized carbons (Fsp3) is 0.130. The predicted molar refractivity (Wildman–Crippen MR) is 120 cm³/mol. The van der Waals surface area contributed by atoms with Crippen LogP contribution in [0.1, 0.15) is 34.0 Å².